The van der Waals surface area contributed by atoms with Crippen LogP contribution in [0.4, 0.5) is 0 Å². The van der Waals surface area contributed by atoms with Crippen molar-refractivity contribution in [2.45, 2.75) is 41.5 Å². The van der Waals surface area contributed by atoms with E-state index in [4.69, 9.17) is 0 Å². The Morgan fingerprint density at radius 3 is 1.58 bits per heavy atom. The van der Waals surface area contributed by atoms with Crippen molar-refractivity contribution in [3.8, 4) is 0 Å². The minimum atomic E-state index is 0.500. The van der Waals surface area contributed by atoms with Crippen molar-refractivity contribution in [1.29, 1.82) is 0 Å². The molecule has 1 rings (SSSR count). The normalized spacial score (nSPS) is 8.83. The summed E-state index contributed by atoms with van der Waals surface area (Å²) in [6.45, 7) is 12.8. The molecule has 2 nitrogen and oxygen atoms in total. The zero-order valence-corrected chi connectivity index (χ0v) is 9.09. The van der Waals surface area contributed by atoms with Crippen LogP contribution >= 0.6 is 0 Å². The molecule has 0 aliphatic heterocycles. The number of hydrogen-bond donors (Lipinski definition) is 0. The fourth-order valence-electron chi connectivity index (χ4n) is 0.176. The highest BCUT2D eigenvalue weighted by atomic mass is 16.5. The summed E-state index contributed by atoms with van der Waals surface area (Å²) in [5, 5.41) is 3.35. The van der Waals surface area contributed by atoms with Crippen LogP contribution in [0.25, 0.3) is 0 Å². The van der Waals surface area contributed by atoms with Gasteiger partial charge in [0.15, 0.2) is 0 Å². The number of rotatable bonds is 0. The van der Waals surface area contributed by atoms with Crippen molar-refractivity contribution in [1.82, 2.24) is 5.16 Å². The Kier molecular flexibility index (Phi) is 9.54. The molecule has 0 aliphatic rings. The molecule has 12 heavy (non-hydrogen) atoms. The maximum atomic E-state index is 4.33. The molecular weight excluding hydrogens is 150 g/mol. The lowest BCUT2D eigenvalue weighted by molar-refractivity contribution is 0.420. The monoisotopic (exact) mass is 171 g/mol. The van der Waals surface area contributed by atoms with E-state index in [0.29, 0.717) is 5.41 Å². The highest BCUT2D eigenvalue weighted by Gasteiger charge is 1.95. The standard InChI is InChI=1S/C5H12.C3H3NO.C2H6/c1-5(2,3)4;1-2-4-5-3-1;1-2/h1-4H3;1-3H;1-2H3. The molecule has 0 amide bonds. The minimum absolute atomic E-state index is 0.500. The predicted molar refractivity (Wildman–Crippen MR) is 53.0 cm³/mol. The second-order valence-corrected chi connectivity index (χ2v) is 3.69. The Labute approximate surface area is 76.0 Å². The lowest BCUT2D eigenvalue weighted by Gasteiger charge is -2.05. The summed E-state index contributed by atoms with van der Waals surface area (Å²) in [4.78, 5) is 0. The van der Waals surface area contributed by atoms with Crippen LogP contribution in [0.3, 0.4) is 0 Å². The average Bonchev–Trinajstić information content (AvgIpc) is 2.41. The minimum Gasteiger partial charge on any atom is -0.365 e. The van der Waals surface area contributed by atoms with E-state index in [1.54, 1.807) is 12.3 Å². The molecule has 0 spiro atoms. The van der Waals surface area contributed by atoms with E-state index in [9.17, 15) is 0 Å². The molecular formula is C10H21NO. The maximum Gasteiger partial charge on any atom is 0.123 e. The Morgan fingerprint density at radius 2 is 1.50 bits per heavy atom. The van der Waals surface area contributed by atoms with Crippen LogP contribution in [0.1, 0.15) is 41.5 Å². The van der Waals surface area contributed by atoms with Crippen LogP contribution in [0.2, 0.25) is 0 Å². The lowest BCUT2D eigenvalue weighted by Crippen LogP contribution is -1.93. The van der Waals surface area contributed by atoms with Crippen LogP contribution in [-0.4, -0.2) is 5.16 Å². The van der Waals surface area contributed by atoms with Gasteiger partial charge >= 0.3 is 0 Å². The Hall–Kier alpha value is -0.790. The maximum absolute atomic E-state index is 4.33. The van der Waals surface area contributed by atoms with Gasteiger partial charge in [-0.05, 0) is 11.5 Å². The zero-order valence-electron chi connectivity index (χ0n) is 9.09. The first-order chi connectivity index (χ1) is 5.50. The van der Waals surface area contributed by atoms with Gasteiger partial charge in [-0.15, -0.1) is 0 Å². The van der Waals surface area contributed by atoms with Crippen LogP contribution in [0.5, 0.6) is 0 Å². The molecule has 0 saturated carbocycles. The van der Waals surface area contributed by atoms with Gasteiger partial charge < -0.3 is 4.52 Å². The molecule has 0 bridgehead atoms. The van der Waals surface area contributed by atoms with E-state index in [1.807, 2.05) is 13.8 Å². The number of hydrogen-bond acceptors (Lipinski definition) is 2. The van der Waals surface area contributed by atoms with E-state index < -0.39 is 0 Å². The van der Waals surface area contributed by atoms with Gasteiger partial charge in [0.25, 0.3) is 0 Å². The molecule has 0 N–H and O–H groups in total. The van der Waals surface area contributed by atoms with Crippen LogP contribution in [0, 0.1) is 5.41 Å². The second kappa shape index (κ2) is 8.31. The molecule has 0 fully saturated rings. The largest absolute Gasteiger partial charge is 0.365 e. The fraction of sp³-hybridized carbons (Fsp3) is 0.700. The van der Waals surface area contributed by atoms with Crippen molar-refractivity contribution >= 4 is 0 Å². The smallest absolute Gasteiger partial charge is 0.123 e. The molecule has 0 unspecified atom stereocenters. The van der Waals surface area contributed by atoms with E-state index >= 15 is 0 Å². The summed E-state index contributed by atoms with van der Waals surface area (Å²) < 4.78 is 4.33. The molecule has 0 radical (unpaired) electrons. The Bertz CT molecular complexity index is 116. The van der Waals surface area contributed by atoms with Gasteiger partial charge in [-0.25, -0.2) is 0 Å². The molecule has 0 aliphatic carbocycles. The van der Waals surface area contributed by atoms with Crippen molar-refractivity contribution in [3.63, 3.8) is 0 Å². The lowest BCUT2D eigenvalue weighted by atomic mass is 10.0. The topological polar surface area (TPSA) is 26.0 Å². The third-order valence-corrected chi connectivity index (χ3v) is 0.347. The first kappa shape index (κ1) is 13.8. The molecule has 72 valence electrons. The fourth-order valence-corrected chi connectivity index (χ4v) is 0.176. The highest BCUT2D eigenvalue weighted by Crippen LogP contribution is 2.07. The van der Waals surface area contributed by atoms with Crippen molar-refractivity contribution in [3.05, 3.63) is 18.5 Å². The Balaban J connectivity index is 0. The van der Waals surface area contributed by atoms with Gasteiger partial charge in [-0.3, -0.25) is 0 Å². The van der Waals surface area contributed by atoms with E-state index in [0.717, 1.165) is 0 Å². The van der Waals surface area contributed by atoms with Crippen LogP contribution in [-0.2, 0) is 0 Å². The summed E-state index contributed by atoms with van der Waals surface area (Å²) in [6, 6.07) is 1.72. The molecule has 1 aromatic rings. The first-order valence-corrected chi connectivity index (χ1v) is 4.34. The van der Waals surface area contributed by atoms with E-state index in [-0.39, 0.29) is 0 Å². The quantitative estimate of drug-likeness (QED) is 0.594. The van der Waals surface area contributed by atoms with Crippen LogP contribution in [0.15, 0.2) is 23.0 Å². The summed E-state index contributed by atoms with van der Waals surface area (Å²) in [6.07, 6.45) is 3.10. The Morgan fingerprint density at radius 1 is 1.08 bits per heavy atom. The van der Waals surface area contributed by atoms with Crippen molar-refractivity contribution in [2.24, 2.45) is 5.41 Å². The van der Waals surface area contributed by atoms with Gasteiger partial charge in [0.2, 0.25) is 0 Å². The summed E-state index contributed by atoms with van der Waals surface area (Å²) >= 11 is 0. The van der Waals surface area contributed by atoms with Gasteiger partial charge in [0.05, 0.1) is 6.20 Å². The van der Waals surface area contributed by atoms with Gasteiger partial charge in [0, 0.05) is 0 Å². The first-order valence-electron chi connectivity index (χ1n) is 4.34. The molecule has 0 atom stereocenters. The SMILES string of the molecule is CC.CC(C)(C)C.c1cnoc1. The van der Waals surface area contributed by atoms with Crippen LogP contribution < -0.4 is 0 Å². The van der Waals surface area contributed by atoms with Crippen molar-refractivity contribution < 1.29 is 4.52 Å². The molecule has 1 heterocycles. The van der Waals surface area contributed by atoms with Crippen molar-refractivity contribution in [2.75, 3.05) is 0 Å². The highest BCUT2D eigenvalue weighted by molar-refractivity contribution is 4.67. The van der Waals surface area contributed by atoms with Gasteiger partial charge in [-0.1, -0.05) is 46.7 Å². The predicted octanol–water partition coefficient (Wildman–Crippen LogP) is 3.75. The summed E-state index contributed by atoms with van der Waals surface area (Å²) in [5.41, 5.74) is 0.500. The number of aromatic nitrogens is 1. The summed E-state index contributed by atoms with van der Waals surface area (Å²) in [5.74, 6) is 0. The van der Waals surface area contributed by atoms with E-state index in [1.165, 1.54) is 6.26 Å². The third kappa shape index (κ3) is 35.0. The molecule has 2 heteroatoms. The average molecular weight is 171 g/mol. The summed E-state index contributed by atoms with van der Waals surface area (Å²) in [7, 11) is 0. The number of nitrogens with zero attached hydrogens (tertiary/aromatic N) is 1. The van der Waals surface area contributed by atoms with Gasteiger partial charge in [0.1, 0.15) is 6.26 Å². The molecule has 0 aromatic carbocycles. The van der Waals surface area contributed by atoms with Gasteiger partial charge in [-0.2, -0.15) is 0 Å². The zero-order chi connectivity index (χ0) is 10.0. The second-order valence-electron chi connectivity index (χ2n) is 3.69. The molecule has 0 saturated heterocycles. The van der Waals surface area contributed by atoms with E-state index in [2.05, 4.69) is 37.4 Å². The molecule has 1 aromatic heterocycles. The third-order valence-electron chi connectivity index (χ3n) is 0.347.